The third-order valence-electron chi connectivity index (χ3n) is 25.6. The summed E-state index contributed by atoms with van der Waals surface area (Å²) in [7, 11) is 9.66. The molecule has 6 N–H and O–H groups in total. The molecule has 26 atom stereocenters. The number of ether oxygens (including phenoxy) is 12. The molecule has 9 heterocycles. The van der Waals surface area contributed by atoms with Crippen LogP contribution in [0.25, 0.3) is 21.8 Å². The van der Waals surface area contributed by atoms with Crippen LogP contribution in [0.15, 0.2) is 47.7 Å². The number of ketones is 4. The van der Waals surface area contributed by atoms with Crippen molar-refractivity contribution in [2.24, 2.45) is 40.6 Å². The summed E-state index contributed by atoms with van der Waals surface area (Å²) in [5, 5.41) is 35.0. The van der Waals surface area contributed by atoms with Crippen molar-refractivity contribution >= 4 is 70.8 Å². The van der Waals surface area contributed by atoms with Crippen molar-refractivity contribution in [2.45, 2.75) is 301 Å². The van der Waals surface area contributed by atoms with Gasteiger partial charge in [0.1, 0.15) is 72.2 Å². The Hall–Kier alpha value is -9.53. The molecule has 3 aromatic heterocycles. The van der Waals surface area contributed by atoms with Gasteiger partial charge in [0, 0.05) is 107 Å². The number of methoxy groups -OCH3 is 2. The summed E-state index contributed by atoms with van der Waals surface area (Å²) in [6, 6.07) is 7.32. The van der Waals surface area contributed by atoms with Crippen molar-refractivity contribution in [3.8, 4) is 23.7 Å². The number of pyridine rings is 2. The number of carbonyl (C=O) groups is 10. The number of alkyl halides is 2. The molecule has 2 amide bonds. The Labute approximate surface area is 746 Å². The Morgan fingerprint density at radius 2 is 1.03 bits per heavy atom. The summed E-state index contributed by atoms with van der Waals surface area (Å²) in [6.45, 7) is 23.7. The predicted molar refractivity (Wildman–Crippen MR) is 458 cm³/mol. The number of Topliss-reactive ketones (excluding diaryl/α,β-unsaturated/α-hetero) is 4. The van der Waals surface area contributed by atoms with Gasteiger partial charge in [-0.1, -0.05) is 83.8 Å². The number of nitrogens with zero attached hydrogens (tertiary/aromatic N) is 12. The Balaban J connectivity index is 0.000000321. The molecule has 0 aromatic carbocycles. The summed E-state index contributed by atoms with van der Waals surface area (Å²) in [6.07, 6.45) is -4.85. The maximum atomic E-state index is 17.0. The molecule has 0 radical (unpaired) electrons. The number of aliphatic hydroxyl groups excluding tert-OH is 2. The number of hydrogen-bond donors (Lipinski definition) is 4. The zero-order valence-electron chi connectivity index (χ0n) is 77.6. The lowest BCUT2D eigenvalue weighted by molar-refractivity contribution is -0.301. The van der Waals surface area contributed by atoms with E-state index < -0.39 is 202 Å². The van der Waals surface area contributed by atoms with E-state index in [1.807, 2.05) is 0 Å². The fourth-order valence-corrected chi connectivity index (χ4v) is 18.6. The number of aryl methyl sites for hydroxylation is 1. The highest BCUT2D eigenvalue weighted by molar-refractivity contribution is 6.08. The topological polar surface area (TPSA) is 492 Å². The maximum Gasteiger partial charge on any atom is 0.410 e. The van der Waals surface area contributed by atoms with Crippen LogP contribution in [0, 0.1) is 47.9 Å². The number of azide groups is 1. The van der Waals surface area contributed by atoms with E-state index >= 15 is 8.78 Å². The molecule has 38 nitrogen and oxygen atoms in total. The molecule has 3 aromatic rings. The zero-order chi connectivity index (χ0) is 95.8. The van der Waals surface area contributed by atoms with Crippen LogP contribution in [0.3, 0.4) is 0 Å². The van der Waals surface area contributed by atoms with Gasteiger partial charge in [-0.3, -0.25) is 33.4 Å². The molecule has 712 valence electrons. The number of likely N-dealkylation sites (N-methyl/N-ethyl adjacent to an activating group) is 2. The van der Waals surface area contributed by atoms with Crippen LogP contribution in [0.4, 0.5) is 30.0 Å². The molecule has 6 fully saturated rings. The van der Waals surface area contributed by atoms with Gasteiger partial charge in [0.15, 0.2) is 35.3 Å². The van der Waals surface area contributed by atoms with Gasteiger partial charge in [0.05, 0.1) is 59.6 Å². The summed E-state index contributed by atoms with van der Waals surface area (Å²) in [4.78, 5) is 154. The number of hydrogen-bond acceptors (Lipinski definition) is 33. The van der Waals surface area contributed by atoms with Crippen LogP contribution in [0.1, 0.15) is 181 Å². The van der Waals surface area contributed by atoms with Crippen molar-refractivity contribution in [3.63, 3.8) is 0 Å². The lowest BCUT2D eigenvalue weighted by Crippen LogP contribution is -2.62. The SMILES string of the molecule is C#Cc1cccc(N)n1.CC[C@H]1OC(=O)[C@@](C)(F)C(=O)[C@H](C)[C@@H](OC2OC(COC(C)=O)CC(N(C)C)C2O)[C@@](C)(OC)C[C@@H](C)C(=O)[C@H](C)[C@H]2N(CCCCN=[N+]=[N-])C(=O)O[C@]12C.CC[C@H]1OC(=O)[C@@](C)(F)C(=O)[C@H](C)[C@@H](OC2OC(COC(C)=O)CC(N(C)C)C2O)[C@@](C)(OC)C[C@@H](C)C(=O)[C@H](C)[C@H]2N(CCCCn3cc(-c4cccc(N)n4)nn3)C(=O)O[C@]12C. The van der Waals surface area contributed by atoms with Crippen molar-refractivity contribution in [1.82, 2.24) is 44.6 Å². The Morgan fingerprint density at radius 1 is 0.625 bits per heavy atom. The molecule has 6 saturated heterocycles. The quantitative estimate of drug-likeness (QED) is 0.00909. The number of aliphatic hydroxyl groups is 2. The minimum Gasteiger partial charge on any atom is -0.463 e. The number of nitrogen functional groups attached to an aromatic ring is 2. The summed E-state index contributed by atoms with van der Waals surface area (Å²) < 4.78 is 107. The van der Waals surface area contributed by atoms with Gasteiger partial charge in [-0.15, -0.1) is 11.5 Å². The van der Waals surface area contributed by atoms with E-state index in [1.165, 1.54) is 58.6 Å². The number of carbonyl (C=O) groups excluding carboxylic acids is 10. The number of cyclic esters (lactones) is 2. The van der Waals surface area contributed by atoms with Gasteiger partial charge in [0.2, 0.25) is 0 Å². The van der Waals surface area contributed by atoms with E-state index in [2.05, 4.69) is 36.2 Å². The first-order valence-corrected chi connectivity index (χ1v) is 43.4. The molecule has 0 saturated carbocycles. The number of aromatic nitrogens is 5. The maximum absolute atomic E-state index is 17.0. The number of nitrogens with two attached hydrogens (primary N) is 2. The van der Waals surface area contributed by atoms with Crippen molar-refractivity contribution in [1.29, 1.82) is 0 Å². The molecule has 0 spiro atoms. The van der Waals surface area contributed by atoms with Crippen molar-refractivity contribution in [2.75, 3.05) is 86.7 Å². The van der Waals surface area contributed by atoms with Crippen LogP contribution >= 0.6 is 0 Å². The smallest absolute Gasteiger partial charge is 0.410 e. The Morgan fingerprint density at radius 3 is 1.40 bits per heavy atom. The zero-order valence-corrected chi connectivity index (χ0v) is 77.6. The van der Waals surface area contributed by atoms with Crippen LogP contribution in [-0.4, -0.2) is 309 Å². The molecular formula is C88H132F2N14O24. The van der Waals surface area contributed by atoms with Crippen LogP contribution in [-0.2, 0) is 102 Å². The Kier molecular flexibility index (Phi) is 37.0. The van der Waals surface area contributed by atoms with E-state index in [0.29, 0.717) is 60.9 Å². The highest BCUT2D eigenvalue weighted by Gasteiger charge is 2.65. The number of fused-ring (bicyclic) bond motifs is 2. The van der Waals surface area contributed by atoms with E-state index in [-0.39, 0.29) is 82.9 Å². The molecule has 0 bridgehead atoms. The highest BCUT2D eigenvalue weighted by Crippen LogP contribution is 2.47. The minimum absolute atomic E-state index is 0.0403. The van der Waals surface area contributed by atoms with Crippen molar-refractivity contribution in [3.05, 3.63) is 58.7 Å². The number of anilines is 2. The second-order valence-corrected chi connectivity index (χ2v) is 35.7. The number of esters is 4. The van der Waals surface area contributed by atoms with Gasteiger partial charge in [-0.2, -0.15) is 0 Å². The standard InChI is InChI=1S/C44H66FN7O12.C37H60FN5O12.C7H6N2/c1-12-32-44(8)36(52(41(58)64-44)19-14-13-18-51-22-30(48-49-51)29-16-15-17-33(46)47-29)25(3)34(54)24(2)21-42(6,59-11)38(26(4)37(56)43(7,45)40(57)62-32)63-39-35(55)31(50(9)10)20-28(61-39)23-60-27(5)53;1-12-26-37(8)29(43(34(49)55-37)16-14-13-15-40-41-39)21(3)27(45)20(2)18-35(6,50-11)31(22(4)30(47)36(7,38)33(48)53-26)54-32-28(46)25(42(9)10)17-24(52-32)19-51-23(5)44;1-2-6-4-3-5-7(8)9-6/h15-17,22,24-26,28,31-32,35-36,38-39,55H,12-14,18-21,23H2,1-11H3,(H2,46,47);20-22,24-26,28-29,31-32,46H,12-19H2,1-11H3;1,3-5H,(H2,8,9)/t24-,25+,26+,28?,31?,32-,35?,36-,38-,39?,42+,43+,44-;20-,21+,22+,24?,25?,26-,28?,29-,31-,32?,35+,36+,37-;/m11./s1. The van der Waals surface area contributed by atoms with Crippen molar-refractivity contribution < 1.29 is 124 Å². The van der Waals surface area contributed by atoms with Crippen LogP contribution in [0.2, 0.25) is 0 Å². The minimum atomic E-state index is -3.26. The predicted octanol–water partition coefficient (Wildman–Crippen LogP) is 8.10. The third-order valence-corrected chi connectivity index (χ3v) is 25.6. The first kappa shape index (κ1) is 106. The number of amides is 2. The fourth-order valence-electron chi connectivity index (χ4n) is 18.6. The molecule has 6 aliphatic rings. The van der Waals surface area contributed by atoms with E-state index in [0.717, 1.165) is 13.8 Å². The van der Waals surface area contributed by atoms with Crippen LogP contribution in [0.5, 0.6) is 0 Å². The average molecular weight is 1810 g/mol. The first-order chi connectivity index (χ1) is 59.9. The second kappa shape index (κ2) is 44.9. The van der Waals surface area contributed by atoms with Crippen LogP contribution < -0.4 is 11.5 Å². The number of halogens is 2. The van der Waals surface area contributed by atoms with Gasteiger partial charge in [-0.05, 0) is 164 Å². The third kappa shape index (κ3) is 24.6. The average Bonchev–Trinajstić information content (AvgIpc) is 1.54. The summed E-state index contributed by atoms with van der Waals surface area (Å²) >= 11 is 0. The molecule has 6 aliphatic heterocycles. The molecule has 8 unspecified atom stereocenters. The number of terminal acetylenes is 1. The lowest BCUT2D eigenvalue weighted by atomic mass is 9.73. The highest BCUT2D eigenvalue weighted by atomic mass is 19.1. The van der Waals surface area contributed by atoms with Gasteiger partial charge in [0.25, 0.3) is 11.3 Å². The van der Waals surface area contributed by atoms with Gasteiger partial charge < -0.3 is 98.1 Å². The van der Waals surface area contributed by atoms with Gasteiger partial charge in [-0.25, -0.2) is 37.9 Å². The largest absolute Gasteiger partial charge is 0.463 e. The monoisotopic (exact) mass is 1810 g/mol. The Bertz CT molecular complexity index is 4460. The number of unbranched alkanes of at least 4 members (excludes halogenated alkanes) is 2. The van der Waals surface area contributed by atoms with E-state index in [4.69, 9.17) is 80.3 Å². The second-order valence-electron chi connectivity index (χ2n) is 35.7. The molecule has 0 aliphatic carbocycles. The normalized spacial score (nSPS) is 35.1. The van der Waals surface area contributed by atoms with E-state index in [9.17, 15) is 58.2 Å². The molecule has 40 heteroatoms. The fraction of sp³-hybridized carbons (Fsp3) is 0.727. The molecule has 128 heavy (non-hydrogen) atoms. The lowest BCUT2D eigenvalue weighted by Gasteiger charge is -2.47. The molecular weight excluding hydrogens is 1680 g/mol. The number of rotatable bonds is 25. The summed E-state index contributed by atoms with van der Waals surface area (Å²) in [5.41, 5.74) is 8.63. The van der Waals surface area contributed by atoms with Gasteiger partial charge >= 0.3 is 36.1 Å². The summed E-state index contributed by atoms with van der Waals surface area (Å²) in [5.74, 6) is -10.3. The van der Waals surface area contributed by atoms with E-state index in [1.54, 1.807) is 148 Å². The molecule has 9 rings (SSSR count). The first-order valence-electron chi connectivity index (χ1n) is 43.4.